The van der Waals surface area contributed by atoms with Gasteiger partial charge in [-0.25, -0.2) is 15.0 Å². The number of anilines is 2. The zero-order valence-corrected chi connectivity index (χ0v) is 18.9. The fourth-order valence-electron chi connectivity index (χ4n) is 4.68. The molecule has 0 spiro atoms. The van der Waals surface area contributed by atoms with E-state index in [1.54, 1.807) is 19.6 Å². The van der Waals surface area contributed by atoms with Gasteiger partial charge in [-0.05, 0) is 48.4 Å². The zero-order valence-electron chi connectivity index (χ0n) is 18.9. The molecule has 0 bridgehead atoms. The molecule has 3 aromatic rings. The van der Waals surface area contributed by atoms with Crippen LogP contribution in [0, 0.1) is 5.41 Å². The van der Waals surface area contributed by atoms with E-state index in [0.29, 0.717) is 18.2 Å². The van der Waals surface area contributed by atoms with Crippen LogP contribution in [0.4, 0.5) is 11.5 Å². The molecule has 2 N–H and O–H groups in total. The van der Waals surface area contributed by atoms with Gasteiger partial charge in [0.2, 0.25) is 5.88 Å². The monoisotopic (exact) mass is 433 g/mol. The number of fused-ring (bicyclic) bond motifs is 2. The number of nitrogens with zero attached hydrogens (tertiary/aromatic N) is 4. The third-order valence-electron chi connectivity index (χ3n) is 6.45. The van der Waals surface area contributed by atoms with Gasteiger partial charge in [-0.1, -0.05) is 19.9 Å². The van der Waals surface area contributed by atoms with Crippen molar-refractivity contribution < 1.29 is 10.9 Å². The first-order valence-electron chi connectivity index (χ1n) is 11.1. The van der Waals surface area contributed by atoms with E-state index < -0.39 is 0 Å². The average molecular weight is 434 g/mol. The first-order valence-corrected chi connectivity index (χ1v) is 11.1. The Morgan fingerprint density at radius 3 is 2.84 bits per heavy atom. The molecular weight excluding hydrogens is 402 g/mol. The Hall–Kier alpha value is -3.35. The highest BCUT2D eigenvalue weighted by molar-refractivity contribution is 5.70. The standard InChI is InChI=1S/C25H29N5O2.H2/c1-25(2)7-6-21-19(12-25)23(29-15-28-21)30-8-9-32-22-5-4-16(10-18(22)14-30)17-11-20(26)24(31-3)27-13-17;/h4-5,10-11,13,15H,6-9,12,14,26H2,1-3H3;1H. The van der Waals surface area contributed by atoms with Gasteiger partial charge >= 0.3 is 0 Å². The van der Waals surface area contributed by atoms with Gasteiger partial charge in [0, 0.05) is 36.6 Å². The first kappa shape index (κ1) is 20.5. The van der Waals surface area contributed by atoms with Crippen molar-refractivity contribution in [1.82, 2.24) is 15.0 Å². The maximum Gasteiger partial charge on any atom is 0.236 e. The summed E-state index contributed by atoms with van der Waals surface area (Å²) in [6.45, 7) is 6.78. The molecule has 0 fully saturated rings. The number of pyridine rings is 1. The summed E-state index contributed by atoms with van der Waals surface area (Å²) in [7, 11) is 1.57. The number of aromatic nitrogens is 3. The molecule has 0 radical (unpaired) electrons. The molecule has 5 rings (SSSR count). The molecule has 32 heavy (non-hydrogen) atoms. The number of ether oxygens (including phenoxy) is 2. The number of rotatable bonds is 3. The van der Waals surface area contributed by atoms with Gasteiger partial charge in [0.1, 0.15) is 24.5 Å². The minimum absolute atomic E-state index is 0. The number of nitrogens with two attached hydrogens (primary N) is 1. The number of nitrogen functional groups attached to an aromatic ring is 1. The Morgan fingerprint density at radius 2 is 2.03 bits per heavy atom. The van der Waals surface area contributed by atoms with Crippen LogP contribution >= 0.6 is 0 Å². The average Bonchev–Trinajstić information content (AvgIpc) is 3.00. The quantitative estimate of drug-likeness (QED) is 0.659. The Morgan fingerprint density at radius 1 is 1.16 bits per heavy atom. The smallest absolute Gasteiger partial charge is 0.236 e. The largest absolute Gasteiger partial charge is 0.491 e. The van der Waals surface area contributed by atoms with Crippen molar-refractivity contribution in [3.63, 3.8) is 0 Å². The van der Waals surface area contributed by atoms with Crippen LogP contribution in [0.5, 0.6) is 11.6 Å². The molecule has 0 atom stereocenters. The molecule has 7 nitrogen and oxygen atoms in total. The highest BCUT2D eigenvalue weighted by Gasteiger charge is 2.30. The molecular formula is C25H31N5O2. The fourth-order valence-corrected chi connectivity index (χ4v) is 4.68. The number of hydrogen-bond donors (Lipinski definition) is 1. The highest BCUT2D eigenvalue weighted by atomic mass is 16.5. The van der Waals surface area contributed by atoms with Crippen LogP contribution in [-0.2, 0) is 19.4 Å². The van der Waals surface area contributed by atoms with Gasteiger partial charge in [0.15, 0.2) is 0 Å². The summed E-state index contributed by atoms with van der Waals surface area (Å²) in [5.74, 6) is 2.39. The molecule has 1 aromatic carbocycles. The first-order chi connectivity index (χ1) is 15.4. The SMILES string of the molecule is COc1ncc(-c2ccc3c(c2)CN(c2ncnc4c2CC(C)(C)CC4)CCO3)cc1N.[HH]. The molecule has 7 heteroatoms. The summed E-state index contributed by atoms with van der Waals surface area (Å²) in [4.78, 5) is 16.0. The van der Waals surface area contributed by atoms with E-state index in [1.165, 1.54) is 11.3 Å². The second kappa shape index (κ2) is 7.97. The number of aryl methyl sites for hydroxylation is 1. The predicted octanol–water partition coefficient (Wildman–Crippen LogP) is 4.29. The number of methoxy groups -OCH3 is 1. The molecule has 2 aliphatic rings. The van der Waals surface area contributed by atoms with Crippen molar-refractivity contribution in [2.75, 3.05) is 30.9 Å². The molecule has 0 unspecified atom stereocenters. The molecule has 0 saturated carbocycles. The summed E-state index contributed by atoms with van der Waals surface area (Å²) in [6.07, 6.45) is 6.66. The van der Waals surface area contributed by atoms with Crippen molar-refractivity contribution in [2.45, 2.75) is 39.7 Å². The van der Waals surface area contributed by atoms with E-state index in [0.717, 1.165) is 60.6 Å². The molecule has 2 aromatic heterocycles. The van der Waals surface area contributed by atoms with Crippen molar-refractivity contribution in [3.8, 4) is 22.8 Å². The van der Waals surface area contributed by atoms with E-state index in [9.17, 15) is 0 Å². The second-order valence-corrected chi connectivity index (χ2v) is 9.38. The summed E-state index contributed by atoms with van der Waals surface area (Å²) in [6, 6.07) is 8.14. The van der Waals surface area contributed by atoms with Crippen LogP contribution in [0.3, 0.4) is 0 Å². The van der Waals surface area contributed by atoms with Gasteiger partial charge in [-0.2, -0.15) is 0 Å². The van der Waals surface area contributed by atoms with E-state index in [1.807, 2.05) is 18.2 Å². The molecule has 0 amide bonds. The Labute approximate surface area is 190 Å². The van der Waals surface area contributed by atoms with Crippen LogP contribution in [0.2, 0.25) is 0 Å². The van der Waals surface area contributed by atoms with E-state index in [-0.39, 0.29) is 6.84 Å². The Kier molecular flexibility index (Phi) is 5.12. The number of benzene rings is 1. The van der Waals surface area contributed by atoms with Crippen molar-refractivity contribution in [1.29, 1.82) is 0 Å². The van der Waals surface area contributed by atoms with Gasteiger partial charge in [0.25, 0.3) is 0 Å². The summed E-state index contributed by atoms with van der Waals surface area (Å²) in [5, 5.41) is 0. The van der Waals surface area contributed by atoms with Crippen LogP contribution in [0.1, 0.15) is 38.5 Å². The van der Waals surface area contributed by atoms with Crippen molar-refractivity contribution in [3.05, 3.63) is 53.6 Å². The summed E-state index contributed by atoms with van der Waals surface area (Å²) >= 11 is 0. The second-order valence-electron chi connectivity index (χ2n) is 9.38. The van der Waals surface area contributed by atoms with E-state index in [2.05, 4.69) is 34.8 Å². The molecule has 3 heterocycles. The fraction of sp³-hybridized carbons (Fsp3) is 0.400. The van der Waals surface area contributed by atoms with Crippen molar-refractivity contribution in [2.24, 2.45) is 5.41 Å². The maximum absolute atomic E-state index is 6.09. The number of hydrogen-bond acceptors (Lipinski definition) is 7. The van der Waals surface area contributed by atoms with E-state index >= 15 is 0 Å². The van der Waals surface area contributed by atoms with Crippen LogP contribution in [-0.4, -0.2) is 35.2 Å². The minimum Gasteiger partial charge on any atom is -0.491 e. The lowest BCUT2D eigenvalue weighted by Crippen LogP contribution is -2.31. The van der Waals surface area contributed by atoms with Gasteiger partial charge in [0.05, 0.1) is 19.3 Å². The van der Waals surface area contributed by atoms with Gasteiger partial charge in [-0.15, -0.1) is 0 Å². The maximum atomic E-state index is 6.09. The summed E-state index contributed by atoms with van der Waals surface area (Å²) in [5.41, 5.74) is 12.5. The molecule has 1 aliphatic carbocycles. The lowest BCUT2D eigenvalue weighted by molar-refractivity contribution is 0.310. The normalized spacial score (nSPS) is 17.0. The zero-order chi connectivity index (χ0) is 22.3. The van der Waals surface area contributed by atoms with Gasteiger partial charge < -0.3 is 20.1 Å². The third kappa shape index (κ3) is 3.83. The lowest BCUT2D eigenvalue weighted by Gasteiger charge is -2.33. The Bertz CT molecular complexity index is 1170. The van der Waals surface area contributed by atoms with Crippen LogP contribution < -0.4 is 20.1 Å². The minimum atomic E-state index is 0. The van der Waals surface area contributed by atoms with Crippen LogP contribution in [0.15, 0.2) is 36.8 Å². The predicted molar refractivity (Wildman–Crippen MR) is 127 cm³/mol. The third-order valence-corrected chi connectivity index (χ3v) is 6.45. The lowest BCUT2D eigenvalue weighted by atomic mass is 9.76. The highest BCUT2D eigenvalue weighted by Crippen LogP contribution is 2.39. The van der Waals surface area contributed by atoms with E-state index in [4.69, 9.17) is 20.2 Å². The molecule has 0 saturated heterocycles. The Balaban J connectivity index is 0.00000259. The van der Waals surface area contributed by atoms with Crippen molar-refractivity contribution >= 4 is 11.5 Å². The topological polar surface area (TPSA) is 86.4 Å². The summed E-state index contributed by atoms with van der Waals surface area (Å²) < 4.78 is 11.3. The van der Waals surface area contributed by atoms with Crippen LogP contribution in [0.25, 0.3) is 11.1 Å². The molecule has 168 valence electrons. The molecule has 1 aliphatic heterocycles. The van der Waals surface area contributed by atoms with Gasteiger partial charge in [-0.3, -0.25) is 0 Å².